The van der Waals surface area contributed by atoms with E-state index in [1.807, 2.05) is 0 Å². The Kier molecular flexibility index (Phi) is 9.32. The van der Waals surface area contributed by atoms with Gasteiger partial charge in [0.25, 0.3) is 0 Å². The minimum atomic E-state index is 0. The van der Waals surface area contributed by atoms with Crippen molar-refractivity contribution in [2.75, 3.05) is 37.6 Å². The zero-order valence-corrected chi connectivity index (χ0v) is 13.3. The predicted octanol–water partition coefficient (Wildman–Crippen LogP) is -1.34. The molecule has 0 aromatic heterocycles. The Morgan fingerprint density at radius 1 is 1.00 bits per heavy atom. The van der Waals surface area contributed by atoms with Crippen LogP contribution >= 0.6 is 0 Å². The van der Waals surface area contributed by atoms with Crippen LogP contribution in [0.4, 0.5) is 5.69 Å². The maximum Gasteiger partial charge on any atom is 2.00 e. The molecule has 2 nitrogen and oxygen atoms in total. The largest absolute Gasteiger partial charge is 2.00 e. The van der Waals surface area contributed by atoms with Gasteiger partial charge in [-0.15, -0.1) is 0 Å². The summed E-state index contributed by atoms with van der Waals surface area (Å²) in [5, 5.41) is 0. The minimum absolute atomic E-state index is 0. The first kappa shape index (κ1) is 17.2. The van der Waals surface area contributed by atoms with Crippen LogP contribution in [0, 0.1) is 6.92 Å². The number of halogens is 1. The first-order valence-corrected chi connectivity index (χ1v) is 5.72. The van der Waals surface area contributed by atoms with Crippen molar-refractivity contribution in [3.05, 3.63) is 37.3 Å². The van der Waals surface area contributed by atoms with Gasteiger partial charge in [-0.05, 0) is 18.7 Å². The van der Waals surface area contributed by atoms with Gasteiger partial charge in [-0.1, -0.05) is 18.2 Å². The number of hydrogen-bond acceptors (Lipinski definition) is 2. The van der Waals surface area contributed by atoms with Gasteiger partial charge in [0.15, 0.2) is 0 Å². The fourth-order valence-corrected chi connectivity index (χ4v) is 2.09. The van der Waals surface area contributed by atoms with Crippen LogP contribution in [-0.2, 0) is 0 Å². The number of anilines is 1. The molecule has 0 atom stereocenters. The molecule has 1 aliphatic rings. The van der Waals surface area contributed by atoms with Crippen molar-refractivity contribution in [2.45, 2.75) is 6.42 Å². The first-order chi connectivity index (χ1) is 7.40. The fraction of sp³-hybridized carbons (Fsp3) is 0.462. The van der Waals surface area contributed by atoms with E-state index in [0.717, 1.165) is 26.1 Å². The normalized spacial score (nSPS) is 15.9. The Hall–Kier alpha value is 0.226. The minimum Gasteiger partial charge on any atom is -1.00 e. The number of nitrogens with zero attached hydrogens (tertiary/aromatic N) is 2. The summed E-state index contributed by atoms with van der Waals surface area (Å²) in [5.41, 5.74) is 1.35. The van der Waals surface area contributed by atoms with E-state index < -0.39 is 0 Å². The summed E-state index contributed by atoms with van der Waals surface area (Å²) in [6.45, 7) is 9.67. The molecule has 0 amide bonds. The summed E-state index contributed by atoms with van der Waals surface area (Å²) in [6.07, 6.45) is 1.02. The fourth-order valence-electron chi connectivity index (χ4n) is 2.09. The van der Waals surface area contributed by atoms with Crippen LogP contribution in [0.2, 0.25) is 0 Å². The summed E-state index contributed by atoms with van der Waals surface area (Å²) in [7, 11) is 0. The van der Waals surface area contributed by atoms with Gasteiger partial charge in [-0.25, -0.2) is 0 Å². The molecule has 0 spiro atoms. The van der Waals surface area contributed by atoms with Crippen molar-refractivity contribution < 1.29 is 17.0 Å². The SMILES string of the molecule is [Br-].[CH2-]CCN1CCN(c2ccccc2)CC1.[Mg+2]. The average Bonchev–Trinajstić information content (AvgIpc) is 2.32. The van der Waals surface area contributed by atoms with Gasteiger partial charge in [0.05, 0.1) is 0 Å². The molecule has 17 heavy (non-hydrogen) atoms. The van der Waals surface area contributed by atoms with Crippen LogP contribution in [0.1, 0.15) is 6.42 Å². The summed E-state index contributed by atoms with van der Waals surface area (Å²) in [4.78, 5) is 4.95. The van der Waals surface area contributed by atoms with E-state index in [0.29, 0.717) is 0 Å². The van der Waals surface area contributed by atoms with Gasteiger partial charge in [0, 0.05) is 31.9 Å². The molecule has 1 aromatic rings. The summed E-state index contributed by atoms with van der Waals surface area (Å²) in [6, 6.07) is 10.7. The molecule has 0 saturated carbocycles. The molecule has 1 aliphatic heterocycles. The van der Waals surface area contributed by atoms with Crippen molar-refractivity contribution in [3.63, 3.8) is 0 Å². The van der Waals surface area contributed by atoms with Crippen LogP contribution in [-0.4, -0.2) is 60.7 Å². The topological polar surface area (TPSA) is 6.48 Å². The van der Waals surface area contributed by atoms with Crippen LogP contribution in [0.25, 0.3) is 0 Å². The molecule has 1 aromatic carbocycles. The van der Waals surface area contributed by atoms with Crippen LogP contribution in [0.5, 0.6) is 0 Å². The van der Waals surface area contributed by atoms with Gasteiger partial charge < -0.3 is 33.7 Å². The number of benzene rings is 1. The standard InChI is InChI=1S/C13H19N2.BrH.Mg/c1-2-8-14-9-11-15(12-10-14)13-6-4-3-5-7-13;;/h3-7H,1-2,8-12H2;1H;/q-1;;+2/p-1. The van der Waals surface area contributed by atoms with Crippen molar-refractivity contribution in [3.8, 4) is 0 Å². The molecule has 1 heterocycles. The van der Waals surface area contributed by atoms with E-state index in [2.05, 4.69) is 47.1 Å². The molecule has 1 saturated heterocycles. The van der Waals surface area contributed by atoms with E-state index in [1.165, 1.54) is 18.8 Å². The van der Waals surface area contributed by atoms with Crippen molar-refractivity contribution in [1.29, 1.82) is 0 Å². The van der Waals surface area contributed by atoms with Crippen molar-refractivity contribution in [1.82, 2.24) is 4.90 Å². The van der Waals surface area contributed by atoms with E-state index >= 15 is 0 Å². The quantitative estimate of drug-likeness (QED) is 0.504. The molecule has 1 fully saturated rings. The third kappa shape index (κ3) is 5.16. The van der Waals surface area contributed by atoms with E-state index in [9.17, 15) is 0 Å². The molecule has 90 valence electrons. The zero-order valence-electron chi connectivity index (χ0n) is 10.3. The third-order valence-electron chi connectivity index (χ3n) is 2.97. The second-order valence-electron chi connectivity index (χ2n) is 4.02. The average molecular weight is 308 g/mol. The molecule has 0 bridgehead atoms. The van der Waals surface area contributed by atoms with Crippen LogP contribution in [0.15, 0.2) is 30.3 Å². The monoisotopic (exact) mass is 306 g/mol. The third-order valence-corrected chi connectivity index (χ3v) is 2.97. The molecule has 2 rings (SSSR count). The molecule has 0 unspecified atom stereocenters. The van der Waals surface area contributed by atoms with E-state index in [-0.39, 0.29) is 40.0 Å². The number of piperazine rings is 1. The first-order valence-electron chi connectivity index (χ1n) is 5.72. The molecule has 4 heteroatoms. The summed E-state index contributed by atoms with van der Waals surface area (Å²) in [5.74, 6) is 0. The Balaban J connectivity index is 0.00000128. The number of para-hydroxylation sites is 1. The molecule has 0 radical (unpaired) electrons. The van der Waals surface area contributed by atoms with Gasteiger partial charge >= 0.3 is 23.1 Å². The van der Waals surface area contributed by atoms with Gasteiger partial charge in [0.2, 0.25) is 0 Å². The number of hydrogen-bond donors (Lipinski definition) is 0. The Labute approximate surface area is 131 Å². The second kappa shape index (κ2) is 9.20. The summed E-state index contributed by atoms with van der Waals surface area (Å²) >= 11 is 0. The molecular formula is C13H19BrMgN2. The Morgan fingerprint density at radius 3 is 2.12 bits per heavy atom. The molecular weight excluding hydrogens is 288 g/mol. The van der Waals surface area contributed by atoms with Crippen LogP contribution < -0.4 is 21.9 Å². The smallest absolute Gasteiger partial charge is 1.00 e. The maximum absolute atomic E-state index is 3.90. The summed E-state index contributed by atoms with van der Waals surface area (Å²) < 4.78 is 0. The molecule has 0 aliphatic carbocycles. The predicted molar refractivity (Wildman–Crippen MR) is 70.8 cm³/mol. The molecule has 0 N–H and O–H groups in total. The van der Waals surface area contributed by atoms with Gasteiger partial charge in [-0.2, -0.15) is 6.42 Å². The second-order valence-corrected chi connectivity index (χ2v) is 4.02. The van der Waals surface area contributed by atoms with Gasteiger partial charge in [-0.3, -0.25) is 0 Å². The van der Waals surface area contributed by atoms with Crippen molar-refractivity contribution >= 4 is 28.7 Å². The Morgan fingerprint density at radius 2 is 1.59 bits per heavy atom. The van der Waals surface area contributed by atoms with E-state index in [1.54, 1.807) is 0 Å². The van der Waals surface area contributed by atoms with E-state index in [4.69, 9.17) is 0 Å². The maximum atomic E-state index is 3.90. The van der Waals surface area contributed by atoms with Crippen molar-refractivity contribution in [2.24, 2.45) is 0 Å². The zero-order chi connectivity index (χ0) is 10.5. The Bertz CT molecular complexity index is 287. The number of rotatable bonds is 3. The van der Waals surface area contributed by atoms with Gasteiger partial charge in [0.1, 0.15) is 0 Å². The van der Waals surface area contributed by atoms with Crippen LogP contribution in [0.3, 0.4) is 0 Å².